The molecule has 4 heteroatoms. The van der Waals surface area contributed by atoms with E-state index in [1.54, 1.807) is 12.1 Å². The summed E-state index contributed by atoms with van der Waals surface area (Å²) < 4.78 is 11.7. The van der Waals surface area contributed by atoms with E-state index in [-0.39, 0.29) is 12.2 Å². The smallest absolute Gasteiger partial charge is 0.339 e. The van der Waals surface area contributed by atoms with Crippen LogP contribution >= 0.6 is 0 Å². The summed E-state index contributed by atoms with van der Waals surface area (Å²) in [6, 6.07) is 33.4. The van der Waals surface area contributed by atoms with Gasteiger partial charge in [0, 0.05) is 0 Å². The summed E-state index contributed by atoms with van der Waals surface area (Å²) in [5.41, 5.74) is 2.07. The summed E-state index contributed by atoms with van der Waals surface area (Å²) in [7, 11) is 0. The van der Waals surface area contributed by atoms with Gasteiger partial charge >= 0.3 is 5.97 Å². The van der Waals surface area contributed by atoms with Crippen LogP contribution in [0.1, 0.15) is 21.5 Å². The van der Waals surface area contributed by atoms with Gasteiger partial charge in [0.15, 0.2) is 0 Å². The first kappa shape index (κ1) is 20.6. The molecule has 162 valence electrons. The molecule has 0 atom stereocenters. The van der Waals surface area contributed by atoms with Crippen LogP contribution in [0.25, 0.3) is 21.5 Å². The largest absolute Gasteiger partial charge is 0.489 e. The maximum atomic E-state index is 11.8. The van der Waals surface area contributed by atoms with E-state index in [1.165, 1.54) is 11.5 Å². The van der Waals surface area contributed by atoms with Crippen molar-refractivity contribution in [2.75, 3.05) is 0 Å². The molecule has 0 radical (unpaired) electrons. The van der Waals surface area contributed by atoms with Gasteiger partial charge < -0.3 is 14.6 Å². The summed E-state index contributed by atoms with van der Waals surface area (Å²) in [4.78, 5) is 11.8. The maximum Gasteiger partial charge on any atom is 0.339 e. The molecule has 0 bridgehead atoms. The number of carbonyl (C=O) groups is 1. The van der Waals surface area contributed by atoms with Gasteiger partial charge in [0.05, 0.1) is 0 Å². The Morgan fingerprint density at radius 2 is 1.15 bits per heavy atom. The van der Waals surface area contributed by atoms with Crippen LogP contribution in [-0.2, 0) is 13.2 Å². The fourth-order valence-corrected chi connectivity index (χ4v) is 3.88. The van der Waals surface area contributed by atoms with Crippen molar-refractivity contribution >= 4 is 27.5 Å². The average Bonchev–Trinajstić information content (AvgIpc) is 2.86. The van der Waals surface area contributed by atoms with E-state index < -0.39 is 5.97 Å². The van der Waals surface area contributed by atoms with Crippen LogP contribution in [0.2, 0.25) is 0 Å². The van der Waals surface area contributed by atoms with Crippen LogP contribution in [-0.4, -0.2) is 11.1 Å². The molecule has 5 aromatic rings. The molecule has 0 unspecified atom stereocenters. The number of aromatic carboxylic acids is 1. The summed E-state index contributed by atoms with van der Waals surface area (Å²) >= 11 is 0. The van der Waals surface area contributed by atoms with E-state index in [9.17, 15) is 9.90 Å². The van der Waals surface area contributed by atoms with Gasteiger partial charge in [-0.15, -0.1) is 0 Å². The van der Waals surface area contributed by atoms with Gasteiger partial charge in [0.25, 0.3) is 0 Å². The second-order valence-electron chi connectivity index (χ2n) is 7.90. The van der Waals surface area contributed by atoms with Gasteiger partial charge in [-0.05, 0) is 63.0 Å². The molecule has 0 heterocycles. The number of ether oxygens (including phenoxy) is 2. The van der Waals surface area contributed by atoms with Crippen LogP contribution in [0.5, 0.6) is 11.5 Å². The molecular formula is C29H22O4. The van der Waals surface area contributed by atoms with Crippen LogP contribution < -0.4 is 9.47 Å². The number of hydrogen-bond donors (Lipinski definition) is 1. The lowest BCUT2D eigenvalue weighted by Crippen LogP contribution is -2.05. The standard InChI is InChI=1S/C29H22O4/c30-29(31)27-17-26(32-18-20-9-11-22-5-1-3-7-24(22)15-20)13-14-28(27)33-19-21-10-12-23-6-2-4-8-25(23)16-21/h1-17H,18-19H2,(H,30,31). The fourth-order valence-electron chi connectivity index (χ4n) is 3.88. The van der Waals surface area contributed by atoms with E-state index in [0.717, 1.165) is 27.3 Å². The number of rotatable bonds is 7. The molecule has 0 fully saturated rings. The predicted molar refractivity (Wildman–Crippen MR) is 130 cm³/mol. The Morgan fingerprint density at radius 3 is 1.73 bits per heavy atom. The van der Waals surface area contributed by atoms with Gasteiger partial charge in [-0.25, -0.2) is 4.79 Å². The van der Waals surface area contributed by atoms with E-state index in [2.05, 4.69) is 36.4 Å². The Balaban J connectivity index is 1.30. The van der Waals surface area contributed by atoms with Crippen LogP contribution in [0.4, 0.5) is 0 Å². The highest BCUT2D eigenvalue weighted by molar-refractivity contribution is 5.91. The quantitative estimate of drug-likeness (QED) is 0.304. The normalized spacial score (nSPS) is 10.9. The number of fused-ring (bicyclic) bond motifs is 2. The second kappa shape index (κ2) is 9.05. The van der Waals surface area contributed by atoms with Crippen LogP contribution in [0, 0.1) is 0 Å². The minimum absolute atomic E-state index is 0.0757. The molecule has 0 aliphatic carbocycles. The molecule has 0 aromatic heterocycles. The molecule has 0 saturated carbocycles. The van der Waals surface area contributed by atoms with Gasteiger partial charge in [-0.1, -0.05) is 72.8 Å². The maximum absolute atomic E-state index is 11.8. The van der Waals surface area contributed by atoms with Crippen LogP contribution in [0.3, 0.4) is 0 Å². The Labute approximate surface area is 191 Å². The third-order valence-corrected chi connectivity index (χ3v) is 5.61. The average molecular weight is 434 g/mol. The van der Waals surface area contributed by atoms with Crippen molar-refractivity contribution in [1.82, 2.24) is 0 Å². The SMILES string of the molecule is O=C(O)c1cc(OCc2ccc3ccccc3c2)ccc1OCc1ccc2ccccc2c1. The van der Waals surface area contributed by atoms with Gasteiger partial charge in [-0.3, -0.25) is 0 Å². The Kier molecular flexibility index (Phi) is 5.64. The summed E-state index contributed by atoms with van der Waals surface area (Å²) in [6.45, 7) is 0.629. The molecule has 0 saturated heterocycles. The van der Waals surface area contributed by atoms with Crippen molar-refractivity contribution in [1.29, 1.82) is 0 Å². The lowest BCUT2D eigenvalue weighted by atomic mass is 10.1. The van der Waals surface area contributed by atoms with Gasteiger partial charge in [0.2, 0.25) is 0 Å². The topological polar surface area (TPSA) is 55.8 Å². The Morgan fingerprint density at radius 1 is 0.606 bits per heavy atom. The van der Waals surface area contributed by atoms with Crippen molar-refractivity contribution in [3.05, 3.63) is 120 Å². The second-order valence-corrected chi connectivity index (χ2v) is 7.90. The van der Waals surface area contributed by atoms with Gasteiger partial charge in [-0.2, -0.15) is 0 Å². The predicted octanol–water partition coefficient (Wildman–Crippen LogP) is 6.85. The minimum atomic E-state index is -1.06. The van der Waals surface area contributed by atoms with E-state index >= 15 is 0 Å². The lowest BCUT2D eigenvalue weighted by molar-refractivity contribution is 0.0691. The Hall–Kier alpha value is -4.31. The third kappa shape index (κ3) is 4.65. The molecule has 1 N–H and O–H groups in total. The molecule has 4 nitrogen and oxygen atoms in total. The lowest BCUT2D eigenvalue weighted by Gasteiger charge is -2.13. The first-order valence-electron chi connectivity index (χ1n) is 10.7. The minimum Gasteiger partial charge on any atom is -0.489 e. The summed E-state index contributed by atoms with van der Waals surface area (Å²) in [6.07, 6.45) is 0. The highest BCUT2D eigenvalue weighted by atomic mass is 16.5. The fraction of sp³-hybridized carbons (Fsp3) is 0.0690. The highest BCUT2D eigenvalue weighted by Crippen LogP contribution is 2.27. The molecule has 5 rings (SSSR count). The molecule has 5 aromatic carbocycles. The summed E-state index contributed by atoms with van der Waals surface area (Å²) in [5, 5.41) is 14.3. The highest BCUT2D eigenvalue weighted by Gasteiger charge is 2.14. The van der Waals surface area contributed by atoms with E-state index in [4.69, 9.17) is 9.47 Å². The number of benzene rings is 5. The van der Waals surface area contributed by atoms with E-state index in [0.29, 0.717) is 18.1 Å². The molecular weight excluding hydrogens is 412 g/mol. The molecule has 0 aliphatic rings. The monoisotopic (exact) mass is 434 g/mol. The molecule has 0 aliphatic heterocycles. The molecule has 0 amide bonds. The van der Waals surface area contributed by atoms with Crippen LogP contribution in [0.15, 0.2) is 103 Å². The first-order valence-corrected chi connectivity index (χ1v) is 10.7. The molecule has 33 heavy (non-hydrogen) atoms. The summed E-state index contributed by atoms with van der Waals surface area (Å²) in [5.74, 6) is -0.257. The van der Waals surface area contributed by atoms with Crippen molar-refractivity contribution in [3.63, 3.8) is 0 Å². The van der Waals surface area contributed by atoms with Crippen molar-refractivity contribution < 1.29 is 19.4 Å². The van der Waals surface area contributed by atoms with Crippen molar-refractivity contribution in [2.45, 2.75) is 13.2 Å². The first-order chi connectivity index (χ1) is 16.2. The van der Waals surface area contributed by atoms with Gasteiger partial charge in [0.1, 0.15) is 30.3 Å². The molecule has 0 spiro atoms. The third-order valence-electron chi connectivity index (χ3n) is 5.61. The van der Waals surface area contributed by atoms with Crippen molar-refractivity contribution in [3.8, 4) is 11.5 Å². The zero-order valence-corrected chi connectivity index (χ0v) is 17.9. The Bertz CT molecular complexity index is 1460. The zero-order valence-electron chi connectivity index (χ0n) is 17.9. The van der Waals surface area contributed by atoms with Crippen molar-refractivity contribution in [2.24, 2.45) is 0 Å². The number of hydrogen-bond acceptors (Lipinski definition) is 3. The zero-order chi connectivity index (χ0) is 22.6. The van der Waals surface area contributed by atoms with E-state index in [1.807, 2.05) is 48.5 Å². The number of carboxylic acids is 1. The number of carboxylic acid groups (broad SMARTS) is 1.